The predicted octanol–water partition coefficient (Wildman–Crippen LogP) is 3.82. The highest BCUT2D eigenvalue weighted by Crippen LogP contribution is 2.30. The molecule has 0 bridgehead atoms. The maximum absolute atomic E-state index is 12.9. The van der Waals surface area contributed by atoms with Crippen LogP contribution in [0.5, 0.6) is 0 Å². The third kappa shape index (κ3) is 20.1. The van der Waals surface area contributed by atoms with Gasteiger partial charge in [0.2, 0.25) is 5.91 Å². The molecule has 0 radical (unpaired) electrons. The van der Waals surface area contributed by atoms with E-state index in [9.17, 15) is 45.6 Å². The zero-order valence-corrected chi connectivity index (χ0v) is 34.8. The molecule has 0 aromatic carbocycles. The summed E-state index contributed by atoms with van der Waals surface area (Å²) in [5, 5.41) is 86.0. The minimum Gasteiger partial charge on any atom is -0.394 e. The molecule has 2 aliphatic rings. The van der Waals surface area contributed by atoms with Crippen LogP contribution in [-0.4, -0.2) is 140 Å². The van der Waals surface area contributed by atoms with Gasteiger partial charge in [-0.3, -0.25) is 4.79 Å². The number of nitrogens with one attached hydrogen (secondary N) is 1. The highest BCUT2D eigenvalue weighted by molar-refractivity contribution is 5.76. The van der Waals surface area contributed by atoms with Crippen molar-refractivity contribution in [3.63, 3.8) is 0 Å². The Morgan fingerprint density at radius 3 is 1.72 bits per heavy atom. The second-order valence-corrected chi connectivity index (χ2v) is 15.8. The van der Waals surface area contributed by atoms with Crippen LogP contribution in [0.1, 0.15) is 149 Å². The van der Waals surface area contributed by atoms with Crippen LogP contribution in [0.3, 0.4) is 0 Å². The van der Waals surface area contributed by atoms with E-state index in [0.717, 1.165) is 38.5 Å². The number of ether oxygens (including phenoxy) is 4. The summed E-state index contributed by atoms with van der Waals surface area (Å²) < 4.78 is 22.5. The van der Waals surface area contributed by atoms with Crippen LogP contribution in [0.2, 0.25) is 0 Å². The Balaban J connectivity index is 1.86. The maximum atomic E-state index is 12.9. The summed E-state index contributed by atoms with van der Waals surface area (Å²) in [6, 6.07) is -0.922. The standard InChI is InChI=1S/C43H79NO13/c1-3-5-7-9-10-11-12-13-14-15-16-17-18-19-20-21-23-24-26-32(47)31(44-35(48)27-25-22-8-6-4-2)30-54-42-40(53)38(51)41(34(29-46)56-42)57-43-39(52)37(50)36(49)33(28-45)55-43/h19-20,24,26,31-34,36-43,45-47,49-53H,3-18,21-23,25,27-30H2,1-2H3,(H,44,48)/b20-19+,26-24+. The lowest BCUT2D eigenvalue weighted by Gasteiger charge is -2.46. The lowest BCUT2D eigenvalue weighted by molar-refractivity contribution is -0.359. The largest absolute Gasteiger partial charge is 0.394 e. The van der Waals surface area contributed by atoms with Crippen LogP contribution in [0.4, 0.5) is 0 Å². The van der Waals surface area contributed by atoms with E-state index in [4.69, 9.17) is 18.9 Å². The molecule has 2 fully saturated rings. The van der Waals surface area contributed by atoms with E-state index in [1.807, 2.05) is 6.08 Å². The van der Waals surface area contributed by atoms with E-state index in [1.54, 1.807) is 6.08 Å². The number of carbonyl (C=O) groups is 1. The van der Waals surface area contributed by atoms with Gasteiger partial charge in [0.1, 0.15) is 48.8 Å². The van der Waals surface area contributed by atoms with Crippen LogP contribution >= 0.6 is 0 Å². The Bertz CT molecular complexity index is 1060. The molecule has 334 valence electrons. The molecule has 0 aliphatic carbocycles. The zero-order chi connectivity index (χ0) is 41.8. The molecule has 14 nitrogen and oxygen atoms in total. The zero-order valence-electron chi connectivity index (χ0n) is 34.8. The number of carbonyl (C=O) groups excluding carboxylic acids is 1. The number of hydrogen-bond acceptors (Lipinski definition) is 13. The summed E-state index contributed by atoms with van der Waals surface area (Å²) >= 11 is 0. The van der Waals surface area contributed by atoms with Gasteiger partial charge in [-0.15, -0.1) is 0 Å². The molecule has 0 aromatic heterocycles. The average molecular weight is 818 g/mol. The molecule has 2 heterocycles. The van der Waals surface area contributed by atoms with E-state index < -0.39 is 86.8 Å². The predicted molar refractivity (Wildman–Crippen MR) is 217 cm³/mol. The molecule has 12 unspecified atom stereocenters. The summed E-state index contributed by atoms with van der Waals surface area (Å²) in [7, 11) is 0. The smallest absolute Gasteiger partial charge is 0.220 e. The maximum Gasteiger partial charge on any atom is 0.220 e. The third-order valence-corrected chi connectivity index (χ3v) is 10.9. The summed E-state index contributed by atoms with van der Waals surface area (Å²) in [6.45, 7) is 2.64. The molecule has 12 atom stereocenters. The minimum atomic E-state index is -1.79. The summed E-state index contributed by atoms with van der Waals surface area (Å²) in [4.78, 5) is 12.9. The van der Waals surface area contributed by atoms with Gasteiger partial charge in [0.15, 0.2) is 12.6 Å². The first-order valence-corrected chi connectivity index (χ1v) is 22.1. The van der Waals surface area contributed by atoms with Gasteiger partial charge in [0.05, 0.1) is 32.0 Å². The van der Waals surface area contributed by atoms with Crippen LogP contribution < -0.4 is 5.32 Å². The Kier molecular flexibility index (Phi) is 28.4. The number of hydrogen-bond donors (Lipinski definition) is 9. The van der Waals surface area contributed by atoms with Crippen molar-refractivity contribution in [1.29, 1.82) is 0 Å². The van der Waals surface area contributed by atoms with Crippen molar-refractivity contribution in [2.45, 2.75) is 222 Å². The Morgan fingerprint density at radius 2 is 1.12 bits per heavy atom. The Morgan fingerprint density at radius 1 is 0.614 bits per heavy atom. The Hall–Kier alpha value is -1.53. The van der Waals surface area contributed by atoms with Crippen LogP contribution in [0, 0.1) is 0 Å². The lowest BCUT2D eigenvalue weighted by Crippen LogP contribution is -2.65. The lowest BCUT2D eigenvalue weighted by atomic mass is 9.97. The molecular weight excluding hydrogens is 738 g/mol. The second kappa shape index (κ2) is 31.4. The number of rotatable bonds is 32. The quantitative estimate of drug-likeness (QED) is 0.0348. The molecule has 14 heteroatoms. The van der Waals surface area contributed by atoms with E-state index in [0.29, 0.717) is 12.8 Å². The molecule has 0 spiro atoms. The monoisotopic (exact) mass is 818 g/mol. The molecular formula is C43H79NO13. The van der Waals surface area contributed by atoms with Crippen molar-refractivity contribution in [2.24, 2.45) is 0 Å². The normalized spacial score (nSPS) is 29.3. The minimum absolute atomic E-state index is 0.264. The number of allylic oxidation sites excluding steroid dienone is 3. The van der Waals surface area contributed by atoms with Crippen LogP contribution in [0.15, 0.2) is 24.3 Å². The Labute approximate surface area is 341 Å². The van der Waals surface area contributed by atoms with Gasteiger partial charge < -0.3 is 65.1 Å². The fraction of sp³-hybridized carbons (Fsp3) is 0.884. The number of amides is 1. The van der Waals surface area contributed by atoms with Crippen molar-refractivity contribution in [3.8, 4) is 0 Å². The van der Waals surface area contributed by atoms with Crippen molar-refractivity contribution in [2.75, 3.05) is 19.8 Å². The number of aliphatic hydroxyl groups excluding tert-OH is 8. The van der Waals surface area contributed by atoms with E-state index in [2.05, 4.69) is 31.3 Å². The molecule has 0 saturated carbocycles. The van der Waals surface area contributed by atoms with Gasteiger partial charge in [-0.1, -0.05) is 134 Å². The third-order valence-electron chi connectivity index (χ3n) is 10.9. The van der Waals surface area contributed by atoms with Crippen LogP contribution in [-0.2, 0) is 23.7 Å². The molecule has 2 saturated heterocycles. The number of unbranched alkanes of at least 4 members (excludes halogenated alkanes) is 17. The summed E-state index contributed by atoms with van der Waals surface area (Å²) in [5.41, 5.74) is 0. The fourth-order valence-electron chi connectivity index (χ4n) is 7.19. The summed E-state index contributed by atoms with van der Waals surface area (Å²) in [5.74, 6) is -0.264. The van der Waals surface area contributed by atoms with Gasteiger partial charge in [-0.2, -0.15) is 0 Å². The van der Waals surface area contributed by atoms with E-state index in [-0.39, 0.29) is 18.9 Å². The number of aliphatic hydroxyl groups is 8. The van der Waals surface area contributed by atoms with Crippen molar-refractivity contribution in [3.05, 3.63) is 24.3 Å². The topological polar surface area (TPSA) is 228 Å². The molecule has 2 aliphatic heterocycles. The molecule has 1 amide bonds. The van der Waals surface area contributed by atoms with E-state index in [1.165, 1.54) is 77.0 Å². The first kappa shape index (κ1) is 51.6. The van der Waals surface area contributed by atoms with Crippen molar-refractivity contribution >= 4 is 5.91 Å². The molecule has 9 N–H and O–H groups in total. The van der Waals surface area contributed by atoms with Crippen molar-refractivity contribution < 1.29 is 64.6 Å². The molecule has 0 aromatic rings. The SMILES string of the molecule is CCCCCCCCCCCCCC/C=C/CC/C=C/C(O)C(COC1OC(CO)C(OC2OC(CO)C(O)C(O)C2O)C(O)C1O)NC(=O)CCCCCCC. The molecule has 57 heavy (non-hydrogen) atoms. The van der Waals surface area contributed by atoms with Crippen molar-refractivity contribution in [1.82, 2.24) is 5.32 Å². The van der Waals surface area contributed by atoms with Gasteiger partial charge in [-0.25, -0.2) is 0 Å². The second-order valence-electron chi connectivity index (χ2n) is 15.8. The van der Waals surface area contributed by atoms with Gasteiger partial charge in [0, 0.05) is 6.42 Å². The molecule has 2 rings (SSSR count). The fourth-order valence-corrected chi connectivity index (χ4v) is 7.19. The van der Waals surface area contributed by atoms with Crippen LogP contribution in [0.25, 0.3) is 0 Å². The first-order valence-electron chi connectivity index (χ1n) is 22.1. The first-order chi connectivity index (χ1) is 27.6. The van der Waals surface area contributed by atoms with E-state index >= 15 is 0 Å². The summed E-state index contributed by atoms with van der Waals surface area (Å²) in [6.07, 6.45) is 14.3. The highest BCUT2D eigenvalue weighted by Gasteiger charge is 2.50. The average Bonchev–Trinajstić information content (AvgIpc) is 3.21. The van der Waals surface area contributed by atoms with Gasteiger partial charge >= 0.3 is 0 Å². The highest BCUT2D eigenvalue weighted by atomic mass is 16.7. The van der Waals surface area contributed by atoms with Gasteiger partial charge in [-0.05, 0) is 32.1 Å². The van der Waals surface area contributed by atoms with Gasteiger partial charge in [0.25, 0.3) is 0 Å².